The van der Waals surface area contributed by atoms with Gasteiger partial charge in [-0.05, 0) is 70.3 Å². The summed E-state index contributed by atoms with van der Waals surface area (Å²) in [6, 6.07) is 37.0. The first-order valence-corrected chi connectivity index (χ1v) is 13.4. The molecule has 0 fully saturated rings. The molecule has 0 saturated heterocycles. The van der Waals surface area contributed by atoms with Crippen LogP contribution in [0.3, 0.4) is 0 Å². The normalized spacial score (nSPS) is 10.6. The summed E-state index contributed by atoms with van der Waals surface area (Å²) in [7, 11) is 0. The fraction of sp³-hybridized carbons (Fsp3) is 0.0278. The van der Waals surface area contributed by atoms with Crippen LogP contribution >= 0.6 is 0 Å². The molecule has 0 amide bonds. The van der Waals surface area contributed by atoms with E-state index in [1.165, 1.54) is 24.3 Å². The third-order valence-electron chi connectivity index (χ3n) is 6.82. The summed E-state index contributed by atoms with van der Waals surface area (Å²) in [6.07, 6.45) is 0.282. The molecule has 0 radical (unpaired) electrons. The van der Waals surface area contributed by atoms with Crippen LogP contribution in [-0.4, -0.2) is 15.0 Å². The Labute approximate surface area is 247 Å². The van der Waals surface area contributed by atoms with E-state index in [0.29, 0.717) is 39.7 Å². The number of aromatic nitrogens is 3. The van der Waals surface area contributed by atoms with E-state index in [2.05, 4.69) is 0 Å². The second-order valence-corrected chi connectivity index (χ2v) is 9.91. The van der Waals surface area contributed by atoms with Crippen molar-refractivity contribution < 1.29 is 8.78 Å². The van der Waals surface area contributed by atoms with Crippen molar-refractivity contribution in [1.29, 1.82) is 10.5 Å². The summed E-state index contributed by atoms with van der Waals surface area (Å²) >= 11 is 0. The van der Waals surface area contributed by atoms with Crippen molar-refractivity contribution in [2.24, 2.45) is 0 Å². The lowest BCUT2D eigenvalue weighted by Gasteiger charge is -2.13. The largest absolute Gasteiger partial charge is 0.213 e. The first-order valence-electron chi connectivity index (χ1n) is 13.4. The molecule has 6 rings (SSSR count). The molecule has 0 aliphatic rings. The minimum absolute atomic E-state index is 0.178. The van der Waals surface area contributed by atoms with Crippen molar-refractivity contribution in [3.8, 4) is 57.2 Å². The van der Waals surface area contributed by atoms with Gasteiger partial charge in [0.2, 0.25) is 0 Å². The molecule has 5 aromatic carbocycles. The van der Waals surface area contributed by atoms with Crippen LogP contribution in [-0.2, 0) is 6.42 Å². The van der Waals surface area contributed by atoms with Crippen molar-refractivity contribution >= 4 is 0 Å². The first-order chi connectivity index (χ1) is 21.0. The van der Waals surface area contributed by atoms with Crippen LogP contribution in [0, 0.1) is 34.3 Å². The van der Waals surface area contributed by atoms with Gasteiger partial charge in [0.1, 0.15) is 17.5 Å². The molecule has 0 spiro atoms. The van der Waals surface area contributed by atoms with Crippen LogP contribution in [0.1, 0.15) is 22.5 Å². The summed E-state index contributed by atoms with van der Waals surface area (Å²) in [5, 5.41) is 18.9. The lowest BCUT2D eigenvalue weighted by molar-refractivity contribution is 0.627. The van der Waals surface area contributed by atoms with Gasteiger partial charge in [0, 0.05) is 17.5 Å². The van der Waals surface area contributed by atoms with Crippen LogP contribution in [0.15, 0.2) is 115 Å². The average molecular weight is 562 g/mol. The van der Waals surface area contributed by atoms with Gasteiger partial charge in [0.25, 0.3) is 0 Å². The zero-order valence-electron chi connectivity index (χ0n) is 22.7. The quantitative estimate of drug-likeness (QED) is 0.205. The van der Waals surface area contributed by atoms with Gasteiger partial charge in [-0.3, -0.25) is 0 Å². The molecular weight excluding hydrogens is 540 g/mol. The molecule has 1 heterocycles. The highest BCUT2D eigenvalue weighted by Crippen LogP contribution is 2.32. The molecule has 0 aliphatic carbocycles. The Morgan fingerprint density at radius 3 is 1.37 bits per heavy atom. The molecule has 204 valence electrons. The number of nitriles is 2. The highest BCUT2D eigenvalue weighted by molar-refractivity contribution is 5.76. The van der Waals surface area contributed by atoms with Crippen molar-refractivity contribution in [3.63, 3.8) is 0 Å². The van der Waals surface area contributed by atoms with E-state index >= 15 is 0 Å². The Morgan fingerprint density at radius 2 is 0.930 bits per heavy atom. The smallest absolute Gasteiger partial charge is 0.163 e. The topological polar surface area (TPSA) is 86.2 Å². The molecule has 0 saturated carbocycles. The van der Waals surface area contributed by atoms with Gasteiger partial charge in [0.15, 0.2) is 11.6 Å². The molecule has 0 bridgehead atoms. The van der Waals surface area contributed by atoms with Crippen LogP contribution < -0.4 is 0 Å². The number of nitrogens with zero attached hydrogens (tertiary/aromatic N) is 5. The van der Waals surface area contributed by atoms with Gasteiger partial charge in [-0.25, -0.2) is 23.7 Å². The average Bonchev–Trinajstić information content (AvgIpc) is 3.04. The predicted molar refractivity (Wildman–Crippen MR) is 160 cm³/mol. The summed E-state index contributed by atoms with van der Waals surface area (Å²) < 4.78 is 28.9. The van der Waals surface area contributed by atoms with Crippen molar-refractivity contribution in [2.45, 2.75) is 6.42 Å². The number of halogens is 2. The summed E-state index contributed by atoms with van der Waals surface area (Å²) in [5.41, 5.74) is 5.01. The van der Waals surface area contributed by atoms with Crippen LogP contribution in [0.25, 0.3) is 45.0 Å². The van der Waals surface area contributed by atoms with Gasteiger partial charge in [-0.15, -0.1) is 0 Å². The van der Waals surface area contributed by atoms with Gasteiger partial charge in [-0.2, -0.15) is 10.5 Å². The zero-order chi connectivity index (χ0) is 29.8. The third-order valence-corrected chi connectivity index (χ3v) is 6.82. The molecule has 1 aromatic heterocycles. The molecular formula is C36H21F2N5. The predicted octanol–water partition coefficient (Wildman–Crippen LogP) is 8.15. The SMILES string of the molecule is N#Cc1cc(F)cc(-c2cc(Cc3nc(-c4ccccc4)nc(-c4ccccc4)n3)cc(-c3cc(F)cc(C#N)c3)c2)c1. The monoisotopic (exact) mass is 561 g/mol. The third kappa shape index (κ3) is 6.17. The zero-order valence-corrected chi connectivity index (χ0v) is 22.7. The van der Waals surface area contributed by atoms with Crippen molar-refractivity contribution in [3.05, 3.63) is 149 Å². The molecule has 0 unspecified atom stereocenters. The molecule has 7 heteroatoms. The van der Waals surface area contributed by atoms with Crippen LogP contribution in [0.5, 0.6) is 0 Å². The Balaban J connectivity index is 1.51. The Morgan fingerprint density at radius 1 is 0.488 bits per heavy atom. The van der Waals surface area contributed by atoms with Crippen molar-refractivity contribution in [2.75, 3.05) is 0 Å². The van der Waals surface area contributed by atoms with E-state index in [1.54, 1.807) is 18.2 Å². The minimum atomic E-state index is -0.545. The molecule has 6 aromatic rings. The second kappa shape index (κ2) is 11.8. The van der Waals surface area contributed by atoms with E-state index in [1.807, 2.05) is 84.9 Å². The van der Waals surface area contributed by atoms with Gasteiger partial charge in [0.05, 0.1) is 23.3 Å². The molecule has 5 nitrogen and oxygen atoms in total. The van der Waals surface area contributed by atoms with E-state index < -0.39 is 11.6 Å². The minimum Gasteiger partial charge on any atom is -0.213 e. The second-order valence-electron chi connectivity index (χ2n) is 9.91. The lowest BCUT2D eigenvalue weighted by Crippen LogP contribution is -2.04. The van der Waals surface area contributed by atoms with Crippen LogP contribution in [0.4, 0.5) is 8.78 Å². The fourth-order valence-electron chi connectivity index (χ4n) is 4.88. The summed E-state index contributed by atoms with van der Waals surface area (Å²) in [4.78, 5) is 14.3. The summed E-state index contributed by atoms with van der Waals surface area (Å²) in [6.45, 7) is 0. The maximum atomic E-state index is 14.5. The Hall–Kier alpha value is -6.05. The highest BCUT2D eigenvalue weighted by atomic mass is 19.1. The Bertz CT molecular complexity index is 1910. The molecule has 0 N–H and O–H groups in total. The highest BCUT2D eigenvalue weighted by Gasteiger charge is 2.14. The van der Waals surface area contributed by atoms with E-state index in [-0.39, 0.29) is 17.5 Å². The number of hydrogen-bond donors (Lipinski definition) is 0. The molecule has 0 atom stereocenters. The van der Waals surface area contributed by atoms with Gasteiger partial charge in [-0.1, -0.05) is 72.8 Å². The summed E-state index contributed by atoms with van der Waals surface area (Å²) in [5.74, 6) is 0.457. The van der Waals surface area contributed by atoms with Crippen molar-refractivity contribution in [1.82, 2.24) is 15.0 Å². The maximum absolute atomic E-state index is 14.5. The lowest BCUT2D eigenvalue weighted by atomic mass is 9.93. The van der Waals surface area contributed by atoms with E-state index in [4.69, 9.17) is 15.0 Å². The standard InChI is InChI=1S/C36H21F2N5/c37-32-15-24(21-39)13-30(19-32)28-11-23(12-29(18-28)31-14-25(22-40)16-33(38)20-31)17-34-41-35(26-7-3-1-4-8-26)43-36(42-34)27-9-5-2-6-10-27/h1-16,18-20H,17H2. The molecule has 43 heavy (non-hydrogen) atoms. The Kier molecular flexibility index (Phi) is 7.46. The number of hydrogen-bond acceptors (Lipinski definition) is 5. The molecule has 0 aliphatic heterocycles. The fourth-order valence-corrected chi connectivity index (χ4v) is 4.88. The van der Waals surface area contributed by atoms with Crippen LogP contribution in [0.2, 0.25) is 0 Å². The number of rotatable bonds is 6. The van der Waals surface area contributed by atoms with E-state index in [0.717, 1.165) is 16.7 Å². The van der Waals surface area contributed by atoms with Gasteiger partial charge >= 0.3 is 0 Å². The first kappa shape index (κ1) is 27.1. The van der Waals surface area contributed by atoms with E-state index in [9.17, 15) is 19.3 Å². The maximum Gasteiger partial charge on any atom is 0.163 e. The number of benzene rings is 5. The van der Waals surface area contributed by atoms with Gasteiger partial charge < -0.3 is 0 Å².